The molecule has 0 radical (unpaired) electrons. The van der Waals surface area contributed by atoms with Gasteiger partial charge in [0.2, 0.25) is 0 Å². The maximum absolute atomic E-state index is 6.04. The molecule has 1 atom stereocenters. The molecule has 1 aliphatic rings. The summed E-state index contributed by atoms with van der Waals surface area (Å²) in [5.74, 6) is 0. The molecule has 1 heterocycles. The summed E-state index contributed by atoms with van der Waals surface area (Å²) >= 11 is 0. The smallest absolute Gasteiger partial charge is 0.319 e. The lowest BCUT2D eigenvalue weighted by Crippen LogP contribution is -2.30. The predicted octanol–water partition coefficient (Wildman–Crippen LogP) is 5.06. The number of aliphatic imine (C=N–C) groups is 1. The van der Waals surface area contributed by atoms with Gasteiger partial charge in [-0.05, 0) is 36.8 Å². The van der Waals surface area contributed by atoms with Crippen molar-refractivity contribution in [2.24, 2.45) is 4.99 Å². The Balaban J connectivity index is 1.80. The Morgan fingerprint density at radius 1 is 0.808 bits per heavy atom. The van der Waals surface area contributed by atoms with Crippen LogP contribution in [0.5, 0.6) is 0 Å². The van der Waals surface area contributed by atoms with Crippen molar-refractivity contribution in [3.63, 3.8) is 0 Å². The van der Waals surface area contributed by atoms with E-state index >= 15 is 0 Å². The van der Waals surface area contributed by atoms with Gasteiger partial charge in [-0.25, -0.2) is 0 Å². The van der Waals surface area contributed by atoms with E-state index in [9.17, 15) is 0 Å². The summed E-state index contributed by atoms with van der Waals surface area (Å²) in [4.78, 5) is 12.9. The molecule has 0 bridgehead atoms. The van der Waals surface area contributed by atoms with E-state index in [1.165, 1.54) is 5.56 Å². The van der Waals surface area contributed by atoms with Gasteiger partial charge in [-0.3, -0.25) is 4.90 Å². The topological polar surface area (TPSA) is 28.1 Å². The molecule has 0 saturated carbocycles. The quantitative estimate of drug-likeness (QED) is 0.665. The van der Waals surface area contributed by atoms with Gasteiger partial charge < -0.3 is 4.84 Å². The molecule has 0 aliphatic carbocycles. The third-order valence-corrected chi connectivity index (χ3v) is 4.41. The highest BCUT2D eigenvalue weighted by molar-refractivity contribution is 5.95. The molecule has 4 nitrogen and oxygen atoms in total. The van der Waals surface area contributed by atoms with Gasteiger partial charge in [-0.1, -0.05) is 66.2 Å². The average Bonchev–Trinajstić information content (AvgIpc) is 3.00. The summed E-state index contributed by atoms with van der Waals surface area (Å²) < 4.78 is 0. The van der Waals surface area contributed by atoms with Crippen LogP contribution in [-0.2, 0) is 4.84 Å². The second-order valence-corrected chi connectivity index (χ2v) is 6.36. The van der Waals surface area contributed by atoms with Gasteiger partial charge in [0.15, 0.2) is 6.17 Å². The van der Waals surface area contributed by atoms with Crippen LogP contribution in [-0.4, -0.2) is 18.1 Å². The lowest BCUT2D eigenvalue weighted by atomic mass is 10.1. The number of para-hydroxylation sites is 2. The molecule has 130 valence electrons. The molecule has 0 spiro atoms. The monoisotopic (exact) mass is 343 g/mol. The van der Waals surface area contributed by atoms with E-state index in [0.717, 1.165) is 16.9 Å². The number of hydrogen-bond acceptors (Lipinski definition) is 3. The van der Waals surface area contributed by atoms with Crippen molar-refractivity contribution >= 4 is 17.4 Å². The highest BCUT2D eigenvalue weighted by Gasteiger charge is 2.38. The lowest BCUT2D eigenvalue weighted by molar-refractivity contribution is -0.0493. The van der Waals surface area contributed by atoms with Crippen LogP contribution in [0.4, 0.5) is 11.4 Å². The molecule has 4 rings (SSSR count). The molecule has 1 unspecified atom stereocenters. The van der Waals surface area contributed by atoms with Crippen molar-refractivity contribution in [3.05, 3.63) is 96.1 Å². The zero-order valence-corrected chi connectivity index (χ0v) is 14.9. The van der Waals surface area contributed by atoms with Gasteiger partial charge >= 0.3 is 6.02 Å². The molecule has 0 aromatic heterocycles. The second kappa shape index (κ2) is 7.02. The third kappa shape index (κ3) is 3.19. The van der Waals surface area contributed by atoms with Gasteiger partial charge in [-0.15, -0.1) is 5.06 Å². The van der Waals surface area contributed by atoms with E-state index < -0.39 is 0 Å². The summed E-state index contributed by atoms with van der Waals surface area (Å²) in [6, 6.07) is 29.2. The Morgan fingerprint density at radius 3 is 2.08 bits per heavy atom. The Bertz CT molecular complexity index is 892. The van der Waals surface area contributed by atoms with Crippen LogP contribution >= 0.6 is 0 Å². The van der Waals surface area contributed by atoms with Gasteiger partial charge in [0.1, 0.15) is 0 Å². The zero-order valence-electron chi connectivity index (χ0n) is 14.9. The van der Waals surface area contributed by atoms with E-state index in [-0.39, 0.29) is 6.17 Å². The van der Waals surface area contributed by atoms with E-state index in [1.807, 2.05) is 60.6 Å². The molecule has 3 aromatic rings. The third-order valence-electron chi connectivity index (χ3n) is 4.41. The van der Waals surface area contributed by atoms with Crippen molar-refractivity contribution in [3.8, 4) is 0 Å². The molecule has 1 fully saturated rings. The first-order valence-corrected chi connectivity index (χ1v) is 8.68. The number of hydroxylamine groups is 2. The van der Waals surface area contributed by atoms with Crippen LogP contribution in [0, 0.1) is 6.92 Å². The van der Waals surface area contributed by atoms with E-state index in [0.29, 0.717) is 6.02 Å². The van der Waals surface area contributed by atoms with Gasteiger partial charge in [0.25, 0.3) is 0 Å². The highest BCUT2D eigenvalue weighted by Crippen LogP contribution is 2.36. The summed E-state index contributed by atoms with van der Waals surface area (Å²) in [5, 5.41) is 1.85. The van der Waals surface area contributed by atoms with Gasteiger partial charge in [0.05, 0.1) is 5.69 Å². The molecule has 3 aromatic carbocycles. The maximum atomic E-state index is 6.04. The predicted molar refractivity (Wildman–Crippen MR) is 105 cm³/mol. The summed E-state index contributed by atoms with van der Waals surface area (Å²) in [6.45, 7) is 2.09. The number of rotatable bonds is 3. The van der Waals surface area contributed by atoms with Crippen molar-refractivity contribution in [2.75, 3.05) is 11.9 Å². The first kappa shape index (κ1) is 16.4. The SMILES string of the molecule is Cc1ccc(C2N(C)OC(=Nc3ccccc3)N2c2ccccc2)cc1. The zero-order chi connectivity index (χ0) is 17.9. The minimum atomic E-state index is -0.0829. The number of anilines is 1. The molecular weight excluding hydrogens is 322 g/mol. The molecular formula is C22H21N3O. The summed E-state index contributed by atoms with van der Waals surface area (Å²) in [6.07, 6.45) is -0.0829. The number of amidine groups is 1. The molecule has 0 amide bonds. The Hall–Kier alpha value is -3.11. The van der Waals surface area contributed by atoms with Crippen molar-refractivity contribution in [2.45, 2.75) is 13.1 Å². The van der Waals surface area contributed by atoms with Crippen LogP contribution in [0.25, 0.3) is 0 Å². The molecule has 0 N–H and O–H groups in total. The average molecular weight is 343 g/mol. The largest absolute Gasteiger partial charge is 0.365 e. The second-order valence-electron chi connectivity index (χ2n) is 6.36. The lowest BCUT2D eigenvalue weighted by Gasteiger charge is -2.25. The first-order chi connectivity index (χ1) is 12.7. The van der Waals surface area contributed by atoms with Crippen LogP contribution in [0.2, 0.25) is 0 Å². The molecule has 26 heavy (non-hydrogen) atoms. The standard InChI is InChI=1S/C22H21N3O/c1-17-13-15-18(16-14-17)21-24(2)26-22(23-19-9-5-3-6-10-19)25(21)20-11-7-4-8-12-20/h3-16,21H,1-2H3. The molecule has 1 saturated heterocycles. The van der Waals surface area contributed by atoms with Crippen LogP contribution < -0.4 is 4.90 Å². The number of nitrogens with zero attached hydrogens (tertiary/aromatic N) is 3. The van der Waals surface area contributed by atoms with Crippen molar-refractivity contribution in [1.29, 1.82) is 0 Å². The maximum Gasteiger partial charge on any atom is 0.319 e. The number of benzene rings is 3. The molecule has 4 heteroatoms. The Labute approximate surface area is 153 Å². The van der Waals surface area contributed by atoms with Crippen molar-refractivity contribution in [1.82, 2.24) is 5.06 Å². The summed E-state index contributed by atoms with van der Waals surface area (Å²) in [5.41, 5.74) is 4.29. The van der Waals surface area contributed by atoms with Gasteiger partial charge in [0, 0.05) is 12.7 Å². The minimum absolute atomic E-state index is 0.0829. The highest BCUT2D eigenvalue weighted by atomic mass is 16.7. The minimum Gasteiger partial charge on any atom is -0.365 e. The van der Waals surface area contributed by atoms with E-state index in [4.69, 9.17) is 9.83 Å². The fourth-order valence-electron chi connectivity index (χ4n) is 3.11. The summed E-state index contributed by atoms with van der Waals surface area (Å²) in [7, 11) is 1.94. The van der Waals surface area contributed by atoms with Crippen LogP contribution in [0.3, 0.4) is 0 Å². The van der Waals surface area contributed by atoms with Crippen LogP contribution in [0.15, 0.2) is 89.9 Å². The molecule has 1 aliphatic heterocycles. The Kier molecular flexibility index (Phi) is 4.42. The fourth-order valence-corrected chi connectivity index (χ4v) is 3.11. The van der Waals surface area contributed by atoms with Crippen LogP contribution in [0.1, 0.15) is 17.3 Å². The first-order valence-electron chi connectivity index (χ1n) is 8.68. The van der Waals surface area contributed by atoms with E-state index in [1.54, 1.807) is 0 Å². The normalized spacial score (nSPS) is 18.9. The van der Waals surface area contributed by atoms with Gasteiger partial charge in [-0.2, -0.15) is 4.99 Å². The number of aryl methyl sites for hydroxylation is 1. The fraction of sp³-hybridized carbons (Fsp3) is 0.136. The number of hydrogen-bond donors (Lipinski definition) is 0. The Morgan fingerprint density at radius 2 is 1.42 bits per heavy atom. The van der Waals surface area contributed by atoms with E-state index in [2.05, 4.69) is 48.2 Å². The van der Waals surface area contributed by atoms with Crippen molar-refractivity contribution < 1.29 is 4.84 Å².